The summed E-state index contributed by atoms with van der Waals surface area (Å²) < 4.78 is 0. The molecule has 0 N–H and O–H groups in total. The van der Waals surface area contributed by atoms with Crippen molar-refractivity contribution in [2.75, 3.05) is 0 Å². The summed E-state index contributed by atoms with van der Waals surface area (Å²) in [5.74, 6) is 0. The highest BCUT2D eigenvalue weighted by Crippen LogP contribution is 3.07. The normalized spacial score (nSPS) is 41.9. The highest BCUT2D eigenvalue weighted by Gasteiger charge is 2.65. The summed E-state index contributed by atoms with van der Waals surface area (Å²) >= 11 is 0. The summed E-state index contributed by atoms with van der Waals surface area (Å²) in [5, 5.41) is 5.68. The van der Waals surface area contributed by atoms with Crippen LogP contribution in [0.25, 0.3) is 0 Å². The van der Waals surface area contributed by atoms with E-state index >= 15 is 0 Å². The average molecular weight is 296 g/mol. The molecule has 0 saturated carbocycles. The van der Waals surface area contributed by atoms with E-state index in [0.29, 0.717) is 20.6 Å². The Balaban J connectivity index is 1.80. The third kappa shape index (κ3) is 1.52. The predicted octanol–water partition coefficient (Wildman–Crippen LogP) is 4.70. The fourth-order valence-electron chi connectivity index (χ4n) is 2.86. The summed E-state index contributed by atoms with van der Waals surface area (Å²) in [6, 6.07) is 9.35. The summed E-state index contributed by atoms with van der Waals surface area (Å²) in [6.07, 6.45) is 0. The Morgan fingerprint density at radius 3 is 2.53 bits per heavy atom. The van der Waals surface area contributed by atoms with Gasteiger partial charge in [-0.3, -0.25) is 0 Å². The fraction of sp³-hybridized carbons (Fsp3) is 0.462. The minimum atomic E-state index is 0.148. The third-order valence-corrected chi connectivity index (χ3v) is 21.6. The molecule has 3 aliphatic rings. The van der Waals surface area contributed by atoms with Crippen LogP contribution in [0.15, 0.2) is 24.3 Å². The zero-order valence-corrected chi connectivity index (χ0v) is 13.9. The average Bonchev–Trinajstić information content (AvgIpc) is 2.91. The minimum Gasteiger partial charge on any atom is -0.0945 e. The van der Waals surface area contributed by atoms with Gasteiger partial charge >= 0.3 is 0 Å². The first-order valence-corrected chi connectivity index (χ1v) is 12.2. The van der Waals surface area contributed by atoms with Gasteiger partial charge in [0.25, 0.3) is 0 Å². The second-order valence-electron chi connectivity index (χ2n) is 5.97. The molecule has 5 unspecified atom stereocenters. The van der Waals surface area contributed by atoms with Crippen LogP contribution in [-0.2, 0) is 0 Å². The number of fused-ring (bicyclic) bond motifs is 4. The van der Waals surface area contributed by atoms with Crippen molar-refractivity contribution in [3.63, 3.8) is 0 Å². The fourth-order valence-corrected chi connectivity index (χ4v) is 27.4. The van der Waals surface area contributed by atoms with Gasteiger partial charge in [0.2, 0.25) is 0 Å². The first-order chi connectivity index (χ1) is 8.09. The van der Waals surface area contributed by atoms with Crippen LogP contribution < -0.4 is 10.6 Å². The lowest BCUT2D eigenvalue weighted by molar-refractivity contribution is 0.457. The monoisotopic (exact) mass is 296 g/mol. The Morgan fingerprint density at radius 2 is 1.82 bits per heavy atom. The van der Waals surface area contributed by atoms with Crippen LogP contribution in [-0.4, -0.2) is 16.1 Å². The zero-order chi connectivity index (χ0) is 11.8. The van der Waals surface area contributed by atoms with Crippen molar-refractivity contribution >= 4 is 47.5 Å². The highest BCUT2D eigenvalue weighted by molar-refractivity contribution is 8.57. The molecule has 4 heteroatoms. The topological polar surface area (TPSA) is 0 Å². The first-order valence-electron chi connectivity index (χ1n) is 6.07. The molecule has 0 aliphatic carbocycles. The van der Waals surface area contributed by atoms with Gasteiger partial charge in [-0.1, -0.05) is 53.2 Å². The molecule has 4 rings (SSSR count). The van der Waals surface area contributed by atoms with Gasteiger partial charge in [-0.05, 0) is 44.7 Å². The molecule has 88 valence electrons. The molecular weight excluding hydrogens is 280 g/mol. The van der Waals surface area contributed by atoms with Crippen molar-refractivity contribution in [2.45, 2.75) is 31.3 Å². The lowest BCUT2D eigenvalue weighted by atomic mass is 10.00. The van der Waals surface area contributed by atoms with Crippen LogP contribution in [0, 0.1) is 5.41 Å². The van der Waals surface area contributed by atoms with Gasteiger partial charge in [0.05, 0.1) is 0 Å². The summed E-state index contributed by atoms with van der Waals surface area (Å²) in [4.78, 5) is 0. The van der Waals surface area contributed by atoms with Crippen molar-refractivity contribution in [1.29, 1.82) is 0 Å². The van der Waals surface area contributed by atoms with Gasteiger partial charge in [-0.25, -0.2) is 0 Å². The van der Waals surface area contributed by atoms with Crippen LogP contribution >= 0.6 is 31.3 Å². The first kappa shape index (κ1) is 11.5. The lowest BCUT2D eigenvalue weighted by Gasteiger charge is -2.32. The maximum atomic E-state index is 2.70. The van der Waals surface area contributed by atoms with E-state index in [2.05, 4.69) is 50.6 Å². The van der Waals surface area contributed by atoms with E-state index in [9.17, 15) is 0 Å². The third-order valence-electron chi connectivity index (χ3n) is 3.66. The van der Waals surface area contributed by atoms with Crippen molar-refractivity contribution < 1.29 is 0 Å². The largest absolute Gasteiger partial charge is 0.0945 e. The van der Waals surface area contributed by atoms with Gasteiger partial charge in [0.15, 0.2) is 0 Å². The number of hydrogen-bond acceptors (Lipinski definition) is 0. The van der Waals surface area contributed by atoms with Crippen LogP contribution in [0.4, 0.5) is 0 Å². The van der Waals surface area contributed by atoms with Crippen molar-refractivity contribution in [3.8, 4) is 0 Å². The molecule has 0 nitrogen and oxygen atoms in total. The Labute approximate surface area is 109 Å². The molecule has 1 fully saturated rings. The van der Waals surface area contributed by atoms with Gasteiger partial charge in [0.1, 0.15) is 0 Å². The Bertz CT molecular complexity index is 516. The van der Waals surface area contributed by atoms with E-state index < -0.39 is 0 Å². The molecule has 0 aromatic heterocycles. The molecule has 1 aromatic rings. The molecule has 17 heavy (non-hydrogen) atoms. The number of rotatable bonds is 0. The second kappa shape index (κ2) is 3.62. The molecule has 0 bridgehead atoms. The molecule has 5 atom stereocenters. The van der Waals surface area contributed by atoms with Crippen molar-refractivity contribution in [3.05, 3.63) is 24.3 Å². The zero-order valence-electron chi connectivity index (χ0n) is 10.3. The molecule has 0 spiro atoms. The maximum absolute atomic E-state index is 2.70. The summed E-state index contributed by atoms with van der Waals surface area (Å²) in [5.41, 5.74) is 3.22. The van der Waals surface area contributed by atoms with Crippen LogP contribution in [0.2, 0.25) is 0 Å². The van der Waals surface area contributed by atoms with Crippen LogP contribution in [0.1, 0.15) is 20.8 Å². The molecule has 1 saturated heterocycles. The smallest absolute Gasteiger partial charge is 0.0403 e. The number of benzene rings is 1. The quantitative estimate of drug-likeness (QED) is 0.609. The standard InChI is InChI=1S/C13H16P4/c1-13(2,3)11-14-8-15-9-6-4-5-7-10(9)16-12(15)17(11)16/h4-8,11-12H,1-3H3. The lowest BCUT2D eigenvalue weighted by Crippen LogP contribution is -2.22. The van der Waals surface area contributed by atoms with Crippen LogP contribution in [0.5, 0.6) is 0 Å². The van der Waals surface area contributed by atoms with E-state index in [1.165, 1.54) is 0 Å². The molecule has 0 radical (unpaired) electrons. The van der Waals surface area contributed by atoms with Gasteiger partial charge in [-0.2, -0.15) is 0 Å². The molecule has 3 heterocycles. The van der Waals surface area contributed by atoms with E-state index in [0.717, 1.165) is 10.5 Å². The van der Waals surface area contributed by atoms with Crippen molar-refractivity contribution in [2.24, 2.45) is 5.41 Å². The molecule has 3 aliphatic heterocycles. The Morgan fingerprint density at radius 1 is 1.12 bits per heavy atom. The molecular formula is C13H16P4. The van der Waals surface area contributed by atoms with E-state index in [1.807, 2.05) is 0 Å². The summed E-state index contributed by atoms with van der Waals surface area (Å²) in [7, 11) is 2.49. The Hall–Kier alpha value is 0.680. The van der Waals surface area contributed by atoms with Gasteiger partial charge in [-0.15, -0.1) is 0 Å². The molecule has 0 amide bonds. The predicted molar refractivity (Wildman–Crippen MR) is 86.5 cm³/mol. The number of hydrogen-bond donors (Lipinski definition) is 0. The van der Waals surface area contributed by atoms with E-state index in [-0.39, 0.29) is 7.92 Å². The van der Waals surface area contributed by atoms with E-state index in [1.54, 1.807) is 18.8 Å². The maximum Gasteiger partial charge on any atom is 0.0403 e. The SMILES string of the molecule is CC(C)(C)C1P=CP2c3ccccc3P3C2P13. The van der Waals surface area contributed by atoms with Gasteiger partial charge in [0, 0.05) is 10.5 Å². The van der Waals surface area contributed by atoms with Crippen LogP contribution in [0.3, 0.4) is 0 Å². The highest BCUT2D eigenvalue weighted by atomic mass is 32.1. The van der Waals surface area contributed by atoms with Gasteiger partial charge < -0.3 is 0 Å². The summed E-state index contributed by atoms with van der Waals surface area (Å²) in [6.45, 7) is 7.35. The van der Waals surface area contributed by atoms with Crippen molar-refractivity contribution in [1.82, 2.24) is 0 Å². The Kier molecular flexibility index (Phi) is 2.45. The molecule has 1 aromatic carbocycles. The van der Waals surface area contributed by atoms with E-state index in [4.69, 9.17) is 0 Å². The second-order valence-corrected chi connectivity index (χ2v) is 17.3. The minimum absolute atomic E-state index is 0.148.